The molecule has 13 heavy (non-hydrogen) atoms. The Morgan fingerprint density at radius 3 is 2.77 bits per heavy atom. The molecule has 0 aliphatic carbocycles. The average molecular weight is 180 g/mol. The Balaban J connectivity index is 2.95. The van der Waals surface area contributed by atoms with Gasteiger partial charge in [0.05, 0.1) is 6.61 Å². The van der Waals surface area contributed by atoms with Gasteiger partial charge in [-0.05, 0) is 0 Å². The molecule has 3 nitrogen and oxygen atoms in total. The number of aromatic hydroxyl groups is 1. The highest BCUT2D eigenvalue weighted by Crippen LogP contribution is 2.22. The summed E-state index contributed by atoms with van der Waals surface area (Å²) in [4.78, 5) is 10.3. The molecule has 1 rings (SSSR count). The molecule has 0 saturated carbocycles. The first-order valence-corrected chi connectivity index (χ1v) is 4.02. The zero-order valence-electron chi connectivity index (χ0n) is 7.49. The fourth-order valence-electron chi connectivity index (χ4n) is 1.17. The number of carbonyl (C=O) groups excluding carboxylic acids is 1. The van der Waals surface area contributed by atoms with Crippen LogP contribution in [-0.2, 0) is 22.6 Å². The second kappa shape index (κ2) is 4.62. The van der Waals surface area contributed by atoms with Crippen molar-refractivity contribution < 1.29 is 14.6 Å². The summed E-state index contributed by atoms with van der Waals surface area (Å²) in [5.74, 6) is 0.163. The maximum Gasteiger partial charge on any atom is 0.124 e. The summed E-state index contributed by atoms with van der Waals surface area (Å²) in [7, 11) is 1.56. The van der Waals surface area contributed by atoms with E-state index in [1.165, 1.54) is 0 Å². The lowest BCUT2D eigenvalue weighted by atomic mass is 10.1. The molecule has 0 atom stereocenters. The number of hydrogen-bond acceptors (Lipinski definition) is 3. The van der Waals surface area contributed by atoms with Crippen LogP contribution in [0.3, 0.4) is 0 Å². The molecule has 1 aromatic rings. The van der Waals surface area contributed by atoms with Gasteiger partial charge in [-0.3, -0.25) is 0 Å². The normalized spacial score (nSPS) is 9.92. The zero-order valence-corrected chi connectivity index (χ0v) is 7.49. The van der Waals surface area contributed by atoms with Crippen LogP contribution in [-0.4, -0.2) is 18.5 Å². The van der Waals surface area contributed by atoms with Crippen LogP contribution in [0.1, 0.15) is 11.1 Å². The zero-order chi connectivity index (χ0) is 9.68. The minimum atomic E-state index is 0.163. The van der Waals surface area contributed by atoms with Gasteiger partial charge in [-0.25, -0.2) is 0 Å². The van der Waals surface area contributed by atoms with E-state index >= 15 is 0 Å². The van der Waals surface area contributed by atoms with Gasteiger partial charge in [-0.15, -0.1) is 0 Å². The summed E-state index contributed by atoms with van der Waals surface area (Å²) >= 11 is 0. The topological polar surface area (TPSA) is 46.5 Å². The predicted octanol–water partition coefficient (Wildman–Crippen LogP) is 1.28. The number of para-hydroxylation sites is 1. The molecular weight excluding hydrogens is 168 g/mol. The Labute approximate surface area is 77.0 Å². The van der Waals surface area contributed by atoms with Gasteiger partial charge in [0.1, 0.15) is 12.0 Å². The molecule has 70 valence electrons. The number of phenolic OH excluding ortho intramolecular Hbond substituents is 1. The van der Waals surface area contributed by atoms with E-state index in [0.717, 1.165) is 6.29 Å². The van der Waals surface area contributed by atoms with Crippen LogP contribution in [0.4, 0.5) is 0 Å². The van der Waals surface area contributed by atoms with Gasteiger partial charge in [0.25, 0.3) is 0 Å². The van der Waals surface area contributed by atoms with E-state index in [4.69, 9.17) is 4.74 Å². The van der Waals surface area contributed by atoms with E-state index in [9.17, 15) is 9.90 Å². The smallest absolute Gasteiger partial charge is 0.124 e. The summed E-state index contributed by atoms with van der Waals surface area (Å²) in [5.41, 5.74) is 1.35. The molecule has 1 N–H and O–H groups in total. The molecular formula is C10H12O3. The fourth-order valence-corrected chi connectivity index (χ4v) is 1.17. The van der Waals surface area contributed by atoms with E-state index in [1.54, 1.807) is 25.3 Å². The highest BCUT2D eigenvalue weighted by Gasteiger charge is 2.05. The fraction of sp³-hybridized carbons (Fsp3) is 0.300. The second-order valence-electron chi connectivity index (χ2n) is 2.73. The first-order chi connectivity index (χ1) is 6.29. The number of rotatable bonds is 4. The molecule has 0 aliphatic heterocycles. The quantitative estimate of drug-likeness (QED) is 0.710. The van der Waals surface area contributed by atoms with Crippen LogP contribution in [0.2, 0.25) is 0 Å². The van der Waals surface area contributed by atoms with Crippen LogP contribution in [0.5, 0.6) is 5.75 Å². The van der Waals surface area contributed by atoms with Crippen molar-refractivity contribution in [1.29, 1.82) is 0 Å². The molecule has 0 fully saturated rings. The van der Waals surface area contributed by atoms with Crippen molar-refractivity contribution in [3.05, 3.63) is 29.3 Å². The Hall–Kier alpha value is -1.35. The molecule has 0 saturated heterocycles. The SMILES string of the molecule is COCc1cccc(CC=O)c1O. The van der Waals surface area contributed by atoms with Crippen molar-refractivity contribution >= 4 is 6.29 Å². The number of hydrogen-bond donors (Lipinski definition) is 1. The lowest BCUT2D eigenvalue weighted by Gasteiger charge is -2.06. The molecule has 0 bridgehead atoms. The van der Waals surface area contributed by atoms with Gasteiger partial charge in [-0.2, -0.15) is 0 Å². The highest BCUT2D eigenvalue weighted by molar-refractivity contribution is 5.58. The van der Waals surface area contributed by atoms with E-state index in [-0.39, 0.29) is 12.2 Å². The highest BCUT2D eigenvalue weighted by atomic mass is 16.5. The second-order valence-corrected chi connectivity index (χ2v) is 2.73. The average Bonchev–Trinajstić information content (AvgIpc) is 2.13. The predicted molar refractivity (Wildman–Crippen MR) is 48.6 cm³/mol. The standard InChI is InChI=1S/C10H12O3/c1-13-7-9-4-2-3-8(5-6-11)10(9)12/h2-4,6,12H,5,7H2,1H3. The van der Waals surface area contributed by atoms with Crippen LogP contribution < -0.4 is 0 Å². The molecule has 0 heterocycles. The van der Waals surface area contributed by atoms with Gasteiger partial charge in [0, 0.05) is 24.7 Å². The minimum absolute atomic E-state index is 0.163. The van der Waals surface area contributed by atoms with Gasteiger partial charge >= 0.3 is 0 Å². The van der Waals surface area contributed by atoms with Crippen molar-refractivity contribution in [2.75, 3.05) is 7.11 Å². The van der Waals surface area contributed by atoms with Crippen molar-refractivity contribution in [2.45, 2.75) is 13.0 Å². The Morgan fingerprint density at radius 1 is 1.46 bits per heavy atom. The van der Waals surface area contributed by atoms with Crippen LogP contribution in [0.15, 0.2) is 18.2 Å². The first kappa shape index (κ1) is 9.74. The van der Waals surface area contributed by atoms with E-state index in [0.29, 0.717) is 17.7 Å². The van der Waals surface area contributed by atoms with Gasteiger partial charge in [-0.1, -0.05) is 18.2 Å². The molecule has 1 aromatic carbocycles. The van der Waals surface area contributed by atoms with Crippen molar-refractivity contribution in [3.8, 4) is 5.75 Å². The third kappa shape index (κ3) is 2.29. The first-order valence-electron chi connectivity index (χ1n) is 4.02. The maximum atomic E-state index is 10.3. The largest absolute Gasteiger partial charge is 0.507 e. The number of methoxy groups -OCH3 is 1. The molecule has 3 heteroatoms. The van der Waals surface area contributed by atoms with Crippen molar-refractivity contribution in [3.63, 3.8) is 0 Å². The van der Waals surface area contributed by atoms with E-state index in [2.05, 4.69) is 0 Å². The number of aldehydes is 1. The molecule has 0 unspecified atom stereocenters. The van der Waals surface area contributed by atoms with Gasteiger partial charge in [0.15, 0.2) is 0 Å². The molecule has 0 aliphatic rings. The van der Waals surface area contributed by atoms with Crippen LogP contribution in [0.25, 0.3) is 0 Å². The Bertz CT molecular complexity index is 294. The molecule has 0 amide bonds. The van der Waals surface area contributed by atoms with Crippen molar-refractivity contribution in [1.82, 2.24) is 0 Å². The number of carbonyl (C=O) groups is 1. The Kier molecular flexibility index (Phi) is 3.46. The monoisotopic (exact) mass is 180 g/mol. The third-order valence-electron chi connectivity index (χ3n) is 1.81. The van der Waals surface area contributed by atoms with Gasteiger partial charge < -0.3 is 14.6 Å². The summed E-state index contributed by atoms with van der Waals surface area (Å²) in [6, 6.07) is 5.29. The Morgan fingerprint density at radius 2 is 2.15 bits per heavy atom. The van der Waals surface area contributed by atoms with E-state index in [1.807, 2.05) is 0 Å². The van der Waals surface area contributed by atoms with E-state index < -0.39 is 0 Å². The third-order valence-corrected chi connectivity index (χ3v) is 1.81. The molecule has 0 radical (unpaired) electrons. The summed E-state index contributed by atoms with van der Waals surface area (Å²) in [6.07, 6.45) is 1.01. The summed E-state index contributed by atoms with van der Waals surface area (Å²) < 4.78 is 4.89. The maximum absolute atomic E-state index is 10.3. The van der Waals surface area contributed by atoms with Crippen LogP contribution >= 0.6 is 0 Å². The lowest BCUT2D eigenvalue weighted by Crippen LogP contribution is -1.93. The lowest BCUT2D eigenvalue weighted by molar-refractivity contribution is -0.107. The summed E-state index contributed by atoms with van der Waals surface area (Å²) in [5, 5.41) is 9.61. The van der Waals surface area contributed by atoms with Crippen molar-refractivity contribution in [2.24, 2.45) is 0 Å². The van der Waals surface area contributed by atoms with Gasteiger partial charge in [0.2, 0.25) is 0 Å². The molecule has 0 spiro atoms. The number of phenols is 1. The number of benzene rings is 1. The molecule has 0 aromatic heterocycles. The summed E-state index contributed by atoms with van der Waals surface area (Å²) in [6.45, 7) is 0.360. The van der Waals surface area contributed by atoms with Crippen LogP contribution in [0, 0.1) is 0 Å². The number of ether oxygens (including phenoxy) is 1. The minimum Gasteiger partial charge on any atom is -0.507 e.